The Kier molecular flexibility index (Phi) is 2.48. The Morgan fingerprint density at radius 2 is 2.33 bits per heavy atom. The van der Waals surface area contributed by atoms with Crippen LogP contribution in [0.15, 0.2) is 6.20 Å². The van der Waals surface area contributed by atoms with Crippen LogP contribution in [0.1, 0.15) is 26.2 Å². The van der Waals surface area contributed by atoms with Crippen LogP contribution in [0.2, 0.25) is 5.28 Å². The van der Waals surface area contributed by atoms with Gasteiger partial charge >= 0.3 is 0 Å². The molecular weight excluding hydrogens is 252 g/mol. The van der Waals surface area contributed by atoms with Gasteiger partial charge in [0.1, 0.15) is 11.2 Å². The molecule has 0 bridgehead atoms. The number of aromatic nitrogens is 2. The zero-order valence-electron chi connectivity index (χ0n) is 10.5. The van der Waals surface area contributed by atoms with E-state index in [4.69, 9.17) is 11.6 Å². The largest absolute Gasteiger partial charge is 0.340 e. The Balaban J connectivity index is 2.22. The predicted molar refractivity (Wildman–Crippen MR) is 70.1 cm³/mol. The SMILES string of the molecule is CC[C@@]12CCCN1c1nc(Cl)ncc1N(C)C2=O. The summed E-state index contributed by atoms with van der Waals surface area (Å²) in [5.41, 5.74) is 0.315. The molecule has 2 aliphatic heterocycles. The molecule has 0 saturated carbocycles. The molecule has 0 aromatic carbocycles. The molecule has 1 aromatic rings. The fourth-order valence-electron chi connectivity index (χ4n) is 3.13. The molecule has 0 radical (unpaired) electrons. The topological polar surface area (TPSA) is 49.3 Å². The van der Waals surface area contributed by atoms with Gasteiger partial charge in [0.2, 0.25) is 5.28 Å². The average Bonchev–Trinajstić information content (AvgIpc) is 2.81. The first-order chi connectivity index (χ1) is 8.60. The number of rotatable bonds is 1. The van der Waals surface area contributed by atoms with Gasteiger partial charge < -0.3 is 9.80 Å². The van der Waals surface area contributed by atoms with Crippen molar-refractivity contribution in [2.45, 2.75) is 31.7 Å². The van der Waals surface area contributed by atoms with Gasteiger partial charge in [-0.15, -0.1) is 0 Å². The molecule has 96 valence electrons. The van der Waals surface area contributed by atoms with Crippen LogP contribution < -0.4 is 9.80 Å². The number of carbonyl (C=O) groups excluding carboxylic acids is 1. The van der Waals surface area contributed by atoms with E-state index in [1.165, 1.54) is 0 Å². The molecule has 3 rings (SSSR count). The second-order valence-electron chi connectivity index (χ2n) is 4.85. The number of hydrogen-bond acceptors (Lipinski definition) is 4. The molecule has 0 unspecified atom stereocenters. The van der Waals surface area contributed by atoms with Crippen molar-refractivity contribution >= 4 is 29.0 Å². The Morgan fingerprint density at radius 3 is 3.06 bits per heavy atom. The first kappa shape index (κ1) is 11.7. The summed E-state index contributed by atoms with van der Waals surface area (Å²) in [6, 6.07) is 0. The van der Waals surface area contributed by atoms with E-state index in [0.717, 1.165) is 37.3 Å². The van der Waals surface area contributed by atoms with Crippen LogP contribution >= 0.6 is 11.6 Å². The summed E-state index contributed by atoms with van der Waals surface area (Å²) in [5, 5.41) is 0.230. The van der Waals surface area contributed by atoms with Crippen molar-refractivity contribution in [3.8, 4) is 0 Å². The van der Waals surface area contributed by atoms with Crippen molar-refractivity contribution in [1.82, 2.24) is 9.97 Å². The number of carbonyl (C=O) groups is 1. The Bertz CT molecular complexity index is 521. The number of halogens is 1. The van der Waals surface area contributed by atoms with Gasteiger partial charge in [0.15, 0.2) is 5.82 Å². The number of likely N-dealkylation sites (N-methyl/N-ethyl adjacent to an activating group) is 1. The normalized spacial score (nSPS) is 26.3. The summed E-state index contributed by atoms with van der Waals surface area (Å²) in [6.45, 7) is 2.91. The van der Waals surface area contributed by atoms with Crippen molar-refractivity contribution in [3.05, 3.63) is 11.5 Å². The van der Waals surface area contributed by atoms with Gasteiger partial charge in [-0.05, 0) is 30.9 Å². The Morgan fingerprint density at radius 1 is 1.56 bits per heavy atom. The van der Waals surface area contributed by atoms with Gasteiger partial charge in [-0.2, -0.15) is 4.98 Å². The number of anilines is 2. The maximum atomic E-state index is 12.6. The Labute approximate surface area is 111 Å². The van der Waals surface area contributed by atoms with Crippen molar-refractivity contribution in [3.63, 3.8) is 0 Å². The van der Waals surface area contributed by atoms with Crippen molar-refractivity contribution in [1.29, 1.82) is 0 Å². The van der Waals surface area contributed by atoms with Crippen LogP contribution in [0.25, 0.3) is 0 Å². The lowest BCUT2D eigenvalue weighted by molar-refractivity contribution is -0.123. The smallest absolute Gasteiger partial charge is 0.252 e. The van der Waals surface area contributed by atoms with E-state index in [-0.39, 0.29) is 11.2 Å². The third-order valence-electron chi connectivity index (χ3n) is 4.11. The third kappa shape index (κ3) is 1.31. The van der Waals surface area contributed by atoms with Crippen LogP contribution in [0.5, 0.6) is 0 Å². The standard InChI is InChI=1S/C12H15ClN4O/c1-3-12-5-4-6-17(12)9-8(16(2)10(12)18)7-14-11(13)15-9/h7H,3-6H2,1-2H3/t12-/m0/s1. The highest BCUT2D eigenvalue weighted by Gasteiger charge is 2.52. The zero-order valence-corrected chi connectivity index (χ0v) is 11.2. The lowest BCUT2D eigenvalue weighted by Crippen LogP contribution is -2.59. The highest BCUT2D eigenvalue weighted by Crippen LogP contribution is 2.45. The average molecular weight is 267 g/mol. The van der Waals surface area contributed by atoms with Crippen molar-refractivity contribution in [2.24, 2.45) is 0 Å². The van der Waals surface area contributed by atoms with Crippen LogP contribution in [-0.2, 0) is 4.79 Å². The molecule has 1 fully saturated rings. The fourth-order valence-corrected chi connectivity index (χ4v) is 3.26. The minimum Gasteiger partial charge on any atom is -0.340 e. The number of hydrogen-bond donors (Lipinski definition) is 0. The molecule has 0 aliphatic carbocycles. The Hall–Kier alpha value is -1.36. The minimum atomic E-state index is -0.431. The lowest BCUT2D eigenvalue weighted by Gasteiger charge is -2.45. The van der Waals surface area contributed by atoms with Gasteiger partial charge in [0, 0.05) is 13.6 Å². The van der Waals surface area contributed by atoms with Crippen LogP contribution in [0, 0.1) is 0 Å². The summed E-state index contributed by atoms with van der Waals surface area (Å²) >= 11 is 5.89. The lowest BCUT2D eigenvalue weighted by atomic mass is 9.89. The third-order valence-corrected chi connectivity index (χ3v) is 4.30. The maximum absolute atomic E-state index is 12.6. The molecule has 0 spiro atoms. The molecular formula is C12H15ClN4O. The monoisotopic (exact) mass is 266 g/mol. The maximum Gasteiger partial charge on any atom is 0.252 e. The van der Waals surface area contributed by atoms with E-state index in [9.17, 15) is 4.79 Å². The summed E-state index contributed by atoms with van der Waals surface area (Å²) in [4.78, 5) is 24.7. The molecule has 6 heteroatoms. The fraction of sp³-hybridized carbons (Fsp3) is 0.583. The van der Waals surface area contributed by atoms with E-state index in [1.54, 1.807) is 18.1 Å². The highest BCUT2D eigenvalue weighted by molar-refractivity contribution is 6.28. The molecule has 1 amide bonds. The van der Waals surface area contributed by atoms with E-state index < -0.39 is 5.54 Å². The second-order valence-corrected chi connectivity index (χ2v) is 5.19. The molecule has 5 nitrogen and oxygen atoms in total. The van der Waals surface area contributed by atoms with Crippen LogP contribution in [0.3, 0.4) is 0 Å². The number of amides is 1. The molecule has 1 saturated heterocycles. The highest BCUT2D eigenvalue weighted by atomic mass is 35.5. The quantitative estimate of drug-likeness (QED) is 0.728. The van der Waals surface area contributed by atoms with E-state index in [2.05, 4.69) is 21.8 Å². The van der Waals surface area contributed by atoms with Gasteiger partial charge in [-0.3, -0.25) is 4.79 Å². The van der Waals surface area contributed by atoms with Gasteiger partial charge in [-0.25, -0.2) is 4.98 Å². The summed E-state index contributed by atoms with van der Waals surface area (Å²) in [7, 11) is 1.78. The van der Waals surface area contributed by atoms with E-state index in [0.29, 0.717) is 0 Å². The summed E-state index contributed by atoms with van der Waals surface area (Å²) < 4.78 is 0. The van der Waals surface area contributed by atoms with Crippen LogP contribution in [-0.4, -0.2) is 35.0 Å². The van der Waals surface area contributed by atoms with Gasteiger partial charge in [0.05, 0.1) is 6.20 Å². The molecule has 18 heavy (non-hydrogen) atoms. The molecule has 1 aromatic heterocycles. The van der Waals surface area contributed by atoms with Crippen molar-refractivity contribution in [2.75, 3.05) is 23.4 Å². The molecule has 2 aliphatic rings. The number of fused-ring (bicyclic) bond motifs is 3. The summed E-state index contributed by atoms with van der Waals surface area (Å²) in [6.07, 6.45) is 4.31. The second kappa shape index (κ2) is 3.82. The first-order valence-corrected chi connectivity index (χ1v) is 6.56. The predicted octanol–water partition coefficient (Wildman–Crippen LogP) is 1.86. The molecule has 0 N–H and O–H groups in total. The van der Waals surface area contributed by atoms with Crippen LogP contribution in [0.4, 0.5) is 11.5 Å². The zero-order chi connectivity index (χ0) is 12.9. The molecule has 1 atom stereocenters. The van der Waals surface area contributed by atoms with Gasteiger partial charge in [-0.1, -0.05) is 6.92 Å². The minimum absolute atomic E-state index is 0.140. The summed E-state index contributed by atoms with van der Waals surface area (Å²) in [5.74, 6) is 0.928. The first-order valence-electron chi connectivity index (χ1n) is 6.18. The van der Waals surface area contributed by atoms with E-state index in [1.807, 2.05) is 0 Å². The molecule has 3 heterocycles. The number of nitrogens with zero attached hydrogens (tertiary/aromatic N) is 4. The van der Waals surface area contributed by atoms with E-state index >= 15 is 0 Å². The van der Waals surface area contributed by atoms with Gasteiger partial charge in [0.25, 0.3) is 5.91 Å². The van der Waals surface area contributed by atoms with Crippen molar-refractivity contribution < 1.29 is 4.79 Å².